The molecule has 0 fully saturated rings. The van der Waals surface area contributed by atoms with Crippen LogP contribution in [-0.2, 0) is 17.7 Å². The molecule has 0 unspecified atom stereocenters. The summed E-state index contributed by atoms with van der Waals surface area (Å²) in [6, 6.07) is 5.34. The molecule has 0 saturated heterocycles. The van der Waals surface area contributed by atoms with Crippen LogP contribution in [0.2, 0.25) is 0 Å². The third kappa shape index (κ3) is 3.16. The van der Waals surface area contributed by atoms with E-state index < -0.39 is 0 Å². The first-order valence-corrected chi connectivity index (χ1v) is 9.10. The van der Waals surface area contributed by atoms with Gasteiger partial charge in [-0.3, -0.25) is 9.59 Å². The van der Waals surface area contributed by atoms with Crippen molar-refractivity contribution in [3.05, 3.63) is 56.1 Å². The average molecular weight is 346 g/mol. The average Bonchev–Trinajstić information content (AvgIpc) is 3.08. The molecule has 0 aliphatic carbocycles. The lowest BCUT2D eigenvalue weighted by Crippen LogP contribution is -2.39. The molecule has 0 saturated carbocycles. The van der Waals surface area contributed by atoms with E-state index in [1.54, 1.807) is 30.7 Å². The molecule has 1 atom stereocenters. The third-order valence-corrected chi connectivity index (χ3v) is 5.51. The van der Waals surface area contributed by atoms with Crippen molar-refractivity contribution in [3.63, 3.8) is 0 Å². The number of carbonyl (C=O) groups excluding carboxylic acids is 1. The molecular weight excluding hydrogens is 324 g/mol. The topological polar surface area (TPSA) is 51.5 Å². The summed E-state index contributed by atoms with van der Waals surface area (Å²) in [6.07, 6.45) is 3.44. The number of nitrogens with zero attached hydrogens (tertiary/aromatic N) is 2. The van der Waals surface area contributed by atoms with Crippen molar-refractivity contribution in [3.8, 4) is 0 Å². The molecule has 3 rings (SSSR count). The van der Waals surface area contributed by atoms with Gasteiger partial charge in [0.1, 0.15) is 0 Å². The van der Waals surface area contributed by atoms with E-state index in [-0.39, 0.29) is 17.5 Å². The highest BCUT2D eigenvalue weighted by Gasteiger charge is 2.31. The Labute approximate surface area is 145 Å². The van der Waals surface area contributed by atoms with Gasteiger partial charge in [-0.1, -0.05) is 6.92 Å². The van der Waals surface area contributed by atoms with Crippen LogP contribution >= 0.6 is 11.3 Å². The largest absolute Gasteiger partial charge is 0.383 e. The fourth-order valence-electron chi connectivity index (χ4n) is 3.27. The molecule has 2 aromatic rings. The van der Waals surface area contributed by atoms with Crippen LogP contribution in [-0.4, -0.2) is 35.6 Å². The summed E-state index contributed by atoms with van der Waals surface area (Å²) < 4.78 is 6.57. The van der Waals surface area contributed by atoms with Crippen LogP contribution in [0.3, 0.4) is 0 Å². The maximum Gasteiger partial charge on any atom is 0.255 e. The van der Waals surface area contributed by atoms with Crippen molar-refractivity contribution in [2.45, 2.75) is 32.4 Å². The van der Waals surface area contributed by atoms with Crippen LogP contribution < -0.4 is 5.56 Å². The number of hydrogen-bond donors (Lipinski definition) is 0. The van der Waals surface area contributed by atoms with E-state index in [1.807, 2.05) is 4.90 Å². The number of methoxy groups -OCH3 is 1. The van der Waals surface area contributed by atoms with Crippen molar-refractivity contribution in [2.24, 2.45) is 0 Å². The summed E-state index contributed by atoms with van der Waals surface area (Å²) >= 11 is 1.77. The van der Waals surface area contributed by atoms with E-state index in [9.17, 15) is 9.59 Å². The first-order valence-electron chi connectivity index (χ1n) is 8.22. The van der Waals surface area contributed by atoms with Crippen LogP contribution in [0.1, 0.15) is 40.2 Å². The maximum atomic E-state index is 13.0. The zero-order chi connectivity index (χ0) is 17.1. The molecule has 128 valence electrons. The second-order valence-corrected chi connectivity index (χ2v) is 6.91. The molecule has 1 aliphatic rings. The van der Waals surface area contributed by atoms with Gasteiger partial charge in [-0.25, -0.2) is 0 Å². The van der Waals surface area contributed by atoms with Gasteiger partial charge >= 0.3 is 0 Å². The highest BCUT2D eigenvalue weighted by Crippen LogP contribution is 2.35. The second-order valence-electron chi connectivity index (χ2n) is 5.91. The molecule has 1 aliphatic heterocycles. The minimum Gasteiger partial charge on any atom is -0.383 e. The minimum atomic E-state index is -0.116. The number of rotatable bonds is 5. The zero-order valence-corrected chi connectivity index (χ0v) is 14.8. The number of fused-ring (bicyclic) bond motifs is 1. The molecule has 5 nitrogen and oxygen atoms in total. The summed E-state index contributed by atoms with van der Waals surface area (Å²) in [5.74, 6) is -0.00938. The first-order chi connectivity index (χ1) is 11.7. The molecule has 6 heteroatoms. The molecule has 0 radical (unpaired) electrons. The predicted octanol–water partition coefficient (Wildman–Crippen LogP) is 2.71. The number of pyridine rings is 1. The normalized spacial score (nSPS) is 16.9. The Morgan fingerprint density at radius 1 is 1.38 bits per heavy atom. The van der Waals surface area contributed by atoms with Gasteiger partial charge in [0.05, 0.1) is 18.2 Å². The van der Waals surface area contributed by atoms with Crippen molar-refractivity contribution < 1.29 is 9.53 Å². The predicted molar refractivity (Wildman–Crippen MR) is 94.7 cm³/mol. The van der Waals surface area contributed by atoms with Gasteiger partial charge in [0.25, 0.3) is 11.5 Å². The van der Waals surface area contributed by atoms with Crippen LogP contribution in [0.4, 0.5) is 0 Å². The van der Waals surface area contributed by atoms with Gasteiger partial charge < -0.3 is 14.2 Å². The number of thiophene rings is 1. The van der Waals surface area contributed by atoms with Gasteiger partial charge in [0.2, 0.25) is 0 Å². The molecule has 0 aromatic carbocycles. The Balaban J connectivity index is 1.87. The van der Waals surface area contributed by atoms with Crippen LogP contribution in [0.5, 0.6) is 0 Å². The van der Waals surface area contributed by atoms with Crippen molar-refractivity contribution in [1.82, 2.24) is 9.47 Å². The lowest BCUT2D eigenvalue weighted by Gasteiger charge is -2.35. The number of hydrogen-bond acceptors (Lipinski definition) is 4. The molecule has 0 bridgehead atoms. The smallest absolute Gasteiger partial charge is 0.255 e. The van der Waals surface area contributed by atoms with Crippen LogP contribution in [0.15, 0.2) is 34.6 Å². The van der Waals surface area contributed by atoms with E-state index in [0.717, 1.165) is 19.4 Å². The Bertz CT molecular complexity index is 781. The monoisotopic (exact) mass is 346 g/mol. The zero-order valence-electron chi connectivity index (χ0n) is 14.0. The Morgan fingerprint density at radius 3 is 2.96 bits per heavy atom. The standard InChI is InChI=1S/C18H22N2O3S/c1-3-15-14-7-11-24-16(14)6-8-20(15)18(22)13-4-5-17(21)19(12-13)9-10-23-2/h4-5,7,11-12,15H,3,6,8-10H2,1-2H3/t15-/m0/s1. The van der Waals surface area contributed by atoms with Crippen molar-refractivity contribution in [1.29, 1.82) is 0 Å². The molecular formula is C18H22N2O3S. The van der Waals surface area contributed by atoms with E-state index in [4.69, 9.17) is 4.74 Å². The summed E-state index contributed by atoms with van der Waals surface area (Å²) in [5.41, 5.74) is 1.71. The Hall–Kier alpha value is -1.92. The molecule has 0 N–H and O–H groups in total. The van der Waals surface area contributed by atoms with Crippen molar-refractivity contribution in [2.75, 3.05) is 20.3 Å². The Kier molecular flexibility index (Phi) is 5.16. The summed E-state index contributed by atoms with van der Waals surface area (Å²) in [7, 11) is 1.60. The Morgan fingerprint density at radius 2 is 2.21 bits per heavy atom. The van der Waals surface area contributed by atoms with Crippen LogP contribution in [0.25, 0.3) is 0 Å². The lowest BCUT2D eigenvalue weighted by molar-refractivity contribution is 0.0656. The SMILES string of the molecule is CC[C@H]1c2ccsc2CCN1C(=O)c1ccc(=O)n(CCOC)c1. The third-order valence-electron chi connectivity index (χ3n) is 4.51. The number of carbonyl (C=O) groups is 1. The summed E-state index contributed by atoms with van der Waals surface area (Å²) in [4.78, 5) is 28.3. The molecule has 24 heavy (non-hydrogen) atoms. The van der Waals surface area contributed by atoms with Gasteiger partial charge in [-0.15, -0.1) is 11.3 Å². The van der Waals surface area contributed by atoms with E-state index >= 15 is 0 Å². The van der Waals surface area contributed by atoms with Crippen LogP contribution in [0, 0.1) is 0 Å². The fraction of sp³-hybridized carbons (Fsp3) is 0.444. The molecule has 2 aromatic heterocycles. The highest BCUT2D eigenvalue weighted by atomic mass is 32.1. The molecule has 0 spiro atoms. The van der Waals surface area contributed by atoms with E-state index in [0.29, 0.717) is 18.7 Å². The van der Waals surface area contributed by atoms with E-state index in [1.165, 1.54) is 21.1 Å². The summed E-state index contributed by atoms with van der Waals surface area (Å²) in [6.45, 7) is 3.72. The quantitative estimate of drug-likeness (QED) is 0.836. The van der Waals surface area contributed by atoms with Crippen molar-refractivity contribution >= 4 is 17.2 Å². The molecule has 1 amide bonds. The fourth-order valence-corrected chi connectivity index (χ4v) is 4.20. The van der Waals surface area contributed by atoms with Gasteiger partial charge in [0.15, 0.2) is 0 Å². The second kappa shape index (κ2) is 7.32. The van der Waals surface area contributed by atoms with E-state index in [2.05, 4.69) is 18.4 Å². The van der Waals surface area contributed by atoms with Gasteiger partial charge in [-0.2, -0.15) is 0 Å². The number of amides is 1. The molecule has 3 heterocycles. The maximum absolute atomic E-state index is 13.0. The highest BCUT2D eigenvalue weighted by molar-refractivity contribution is 7.10. The lowest BCUT2D eigenvalue weighted by atomic mass is 9.97. The number of aromatic nitrogens is 1. The minimum absolute atomic E-state index is 0.00938. The van der Waals surface area contributed by atoms with Gasteiger partial charge in [-0.05, 0) is 35.9 Å². The first kappa shape index (κ1) is 16.9. The van der Waals surface area contributed by atoms with Gasteiger partial charge in [0, 0.05) is 37.3 Å². The summed E-state index contributed by atoms with van der Waals surface area (Å²) in [5, 5.41) is 2.10. The number of ether oxygens (including phenoxy) is 1.